The largest absolute Gasteiger partial charge is 0.478 e. The van der Waals surface area contributed by atoms with Gasteiger partial charge in [0.2, 0.25) is 0 Å². The maximum absolute atomic E-state index is 13.9. The molecule has 0 saturated carbocycles. The number of methoxy groups -OCH3 is 1. The molecule has 1 heterocycles. The summed E-state index contributed by atoms with van der Waals surface area (Å²) < 4.78 is 32.5. The van der Waals surface area contributed by atoms with Gasteiger partial charge in [0.05, 0.1) is 17.9 Å². The average molecular weight is 271 g/mol. The smallest absolute Gasteiger partial charge is 0.338 e. The molecule has 1 unspecified atom stereocenters. The van der Waals surface area contributed by atoms with Crippen LogP contribution in [0, 0.1) is 17.6 Å². The lowest BCUT2D eigenvalue weighted by molar-refractivity contribution is 0.0690. The molecular formula is C13H15F2NO3. The number of halogens is 2. The van der Waals surface area contributed by atoms with Crippen molar-refractivity contribution >= 4 is 11.7 Å². The number of hydrogen-bond donors (Lipinski definition) is 1. The van der Waals surface area contributed by atoms with Crippen molar-refractivity contribution < 1.29 is 23.4 Å². The second-order valence-electron chi connectivity index (χ2n) is 4.62. The van der Waals surface area contributed by atoms with E-state index >= 15 is 0 Å². The minimum Gasteiger partial charge on any atom is -0.478 e. The number of anilines is 1. The van der Waals surface area contributed by atoms with Gasteiger partial charge in [0.25, 0.3) is 0 Å². The molecule has 1 saturated heterocycles. The molecule has 0 radical (unpaired) electrons. The zero-order chi connectivity index (χ0) is 14.0. The van der Waals surface area contributed by atoms with Crippen LogP contribution in [-0.4, -0.2) is 37.9 Å². The fourth-order valence-electron chi connectivity index (χ4n) is 2.37. The van der Waals surface area contributed by atoms with Gasteiger partial charge < -0.3 is 14.7 Å². The highest BCUT2D eigenvalue weighted by Crippen LogP contribution is 2.29. The van der Waals surface area contributed by atoms with Crippen molar-refractivity contribution in [1.29, 1.82) is 0 Å². The van der Waals surface area contributed by atoms with Crippen molar-refractivity contribution in [1.82, 2.24) is 0 Å². The molecule has 0 aliphatic carbocycles. The minimum absolute atomic E-state index is 0.112. The summed E-state index contributed by atoms with van der Waals surface area (Å²) >= 11 is 0. The average Bonchev–Trinajstić information content (AvgIpc) is 2.81. The summed E-state index contributed by atoms with van der Waals surface area (Å²) in [6.07, 6.45) is 0.843. The van der Waals surface area contributed by atoms with E-state index in [4.69, 9.17) is 9.84 Å². The van der Waals surface area contributed by atoms with Crippen molar-refractivity contribution in [2.75, 3.05) is 31.7 Å². The Labute approximate surface area is 109 Å². The third-order valence-corrected chi connectivity index (χ3v) is 3.32. The molecular weight excluding hydrogens is 256 g/mol. The topological polar surface area (TPSA) is 49.8 Å². The van der Waals surface area contributed by atoms with Crippen LogP contribution in [0.1, 0.15) is 16.8 Å². The molecule has 2 rings (SSSR count). The molecule has 0 amide bonds. The van der Waals surface area contributed by atoms with Gasteiger partial charge in [-0.05, 0) is 18.6 Å². The van der Waals surface area contributed by atoms with E-state index in [9.17, 15) is 13.6 Å². The maximum atomic E-state index is 13.9. The van der Waals surface area contributed by atoms with Gasteiger partial charge in [-0.15, -0.1) is 0 Å². The Hall–Kier alpha value is -1.69. The van der Waals surface area contributed by atoms with Crippen LogP contribution < -0.4 is 4.90 Å². The summed E-state index contributed by atoms with van der Waals surface area (Å²) in [4.78, 5) is 12.4. The van der Waals surface area contributed by atoms with Crippen molar-refractivity contribution in [3.63, 3.8) is 0 Å². The van der Waals surface area contributed by atoms with Crippen LogP contribution in [0.5, 0.6) is 0 Å². The molecule has 19 heavy (non-hydrogen) atoms. The summed E-state index contributed by atoms with van der Waals surface area (Å²) in [5, 5.41) is 8.72. The Morgan fingerprint density at radius 2 is 2.21 bits per heavy atom. The zero-order valence-electron chi connectivity index (χ0n) is 10.5. The van der Waals surface area contributed by atoms with Gasteiger partial charge in [0, 0.05) is 26.1 Å². The van der Waals surface area contributed by atoms with E-state index in [0.717, 1.165) is 12.5 Å². The van der Waals surface area contributed by atoms with Crippen LogP contribution in [0.3, 0.4) is 0 Å². The lowest BCUT2D eigenvalue weighted by Crippen LogP contribution is -2.23. The SMILES string of the molecule is COCC1CCN(c2ccc(C(=O)O)c(F)c2F)C1. The van der Waals surface area contributed by atoms with Crippen LogP contribution >= 0.6 is 0 Å². The monoisotopic (exact) mass is 271 g/mol. The van der Waals surface area contributed by atoms with E-state index in [2.05, 4.69) is 0 Å². The zero-order valence-corrected chi connectivity index (χ0v) is 10.5. The minimum atomic E-state index is -1.47. The van der Waals surface area contributed by atoms with Crippen LogP contribution in [0.25, 0.3) is 0 Å². The van der Waals surface area contributed by atoms with Crippen LogP contribution in [0.2, 0.25) is 0 Å². The third kappa shape index (κ3) is 2.68. The number of carboxylic acids is 1. The Morgan fingerprint density at radius 1 is 1.47 bits per heavy atom. The van der Waals surface area contributed by atoms with E-state index in [1.165, 1.54) is 6.07 Å². The van der Waals surface area contributed by atoms with Crippen molar-refractivity contribution in [2.45, 2.75) is 6.42 Å². The predicted octanol–water partition coefficient (Wildman–Crippen LogP) is 2.14. The summed E-state index contributed by atoms with van der Waals surface area (Å²) in [6.45, 7) is 1.77. The van der Waals surface area contributed by atoms with Gasteiger partial charge in [-0.25, -0.2) is 13.6 Å². The molecule has 0 spiro atoms. The van der Waals surface area contributed by atoms with E-state index < -0.39 is 23.2 Å². The van der Waals surface area contributed by atoms with Gasteiger partial charge in [0.15, 0.2) is 11.6 Å². The standard InChI is InChI=1S/C13H15F2NO3/c1-19-7-8-4-5-16(6-8)10-3-2-9(13(17)18)11(14)12(10)15/h2-3,8H,4-7H2,1H3,(H,17,18). The normalized spacial score (nSPS) is 18.9. The van der Waals surface area contributed by atoms with Gasteiger partial charge in [-0.2, -0.15) is 0 Å². The molecule has 0 aromatic heterocycles. The Balaban J connectivity index is 2.23. The molecule has 1 N–H and O–H groups in total. The number of carbonyl (C=O) groups is 1. The van der Waals surface area contributed by atoms with E-state index in [1.54, 1.807) is 12.0 Å². The maximum Gasteiger partial charge on any atom is 0.338 e. The van der Waals surface area contributed by atoms with Crippen molar-refractivity contribution in [3.8, 4) is 0 Å². The molecule has 1 aliphatic heterocycles. The fraction of sp³-hybridized carbons (Fsp3) is 0.462. The van der Waals surface area contributed by atoms with Crippen molar-refractivity contribution in [3.05, 3.63) is 29.3 Å². The quantitative estimate of drug-likeness (QED) is 0.911. The molecule has 104 valence electrons. The number of rotatable bonds is 4. The number of benzene rings is 1. The van der Waals surface area contributed by atoms with Gasteiger partial charge in [-0.1, -0.05) is 0 Å². The number of hydrogen-bond acceptors (Lipinski definition) is 3. The van der Waals surface area contributed by atoms with Crippen LogP contribution in [0.4, 0.5) is 14.5 Å². The number of ether oxygens (including phenoxy) is 1. The highest BCUT2D eigenvalue weighted by Gasteiger charge is 2.27. The second kappa shape index (κ2) is 5.52. The number of nitrogens with zero attached hydrogens (tertiary/aromatic N) is 1. The Morgan fingerprint density at radius 3 is 2.84 bits per heavy atom. The Kier molecular flexibility index (Phi) is 3.99. The number of carboxylic acid groups (broad SMARTS) is 1. The van der Waals surface area contributed by atoms with E-state index in [1.807, 2.05) is 0 Å². The summed E-state index contributed by atoms with van der Waals surface area (Å²) in [5.41, 5.74) is -0.532. The molecule has 1 atom stereocenters. The first-order valence-corrected chi connectivity index (χ1v) is 5.99. The predicted molar refractivity (Wildman–Crippen MR) is 65.5 cm³/mol. The van der Waals surface area contributed by atoms with E-state index in [-0.39, 0.29) is 11.6 Å². The summed E-state index contributed by atoms with van der Waals surface area (Å²) in [5.74, 6) is -3.59. The van der Waals surface area contributed by atoms with E-state index in [0.29, 0.717) is 19.7 Å². The molecule has 4 nitrogen and oxygen atoms in total. The summed E-state index contributed by atoms with van der Waals surface area (Å²) in [7, 11) is 1.60. The molecule has 1 aromatic rings. The van der Waals surface area contributed by atoms with Gasteiger partial charge >= 0.3 is 5.97 Å². The number of aromatic carboxylic acids is 1. The second-order valence-corrected chi connectivity index (χ2v) is 4.62. The molecule has 1 aliphatic rings. The molecule has 0 bridgehead atoms. The third-order valence-electron chi connectivity index (χ3n) is 3.32. The fourth-order valence-corrected chi connectivity index (χ4v) is 2.37. The van der Waals surface area contributed by atoms with Crippen LogP contribution in [0.15, 0.2) is 12.1 Å². The van der Waals surface area contributed by atoms with Crippen molar-refractivity contribution in [2.24, 2.45) is 5.92 Å². The first kappa shape index (κ1) is 13.7. The van der Waals surface area contributed by atoms with Gasteiger partial charge in [0.1, 0.15) is 0 Å². The molecule has 6 heteroatoms. The first-order chi connectivity index (χ1) is 9.04. The summed E-state index contributed by atoms with van der Waals surface area (Å²) in [6, 6.07) is 2.41. The molecule has 1 fully saturated rings. The van der Waals surface area contributed by atoms with Crippen LogP contribution in [-0.2, 0) is 4.74 Å². The highest BCUT2D eigenvalue weighted by atomic mass is 19.2. The lowest BCUT2D eigenvalue weighted by atomic mass is 10.1. The highest BCUT2D eigenvalue weighted by molar-refractivity contribution is 5.88. The lowest BCUT2D eigenvalue weighted by Gasteiger charge is -2.20. The first-order valence-electron chi connectivity index (χ1n) is 5.99. The molecule has 1 aromatic carbocycles. The van der Waals surface area contributed by atoms with Gasteiger partial charge in [-0.3, -0.25) is 0 Å². The Bertz CT molecular complexity index is 493.